The molecule has 2 saturated carbocycles. The molecule has 2 unspecified atom stereocenters. The smallest absolute Gasteiger partial charge is 0.229 e. The van der Waals surface area contributed by atoms with E-state index in [1.165, 1.54) is 32.2 Å². The lowest BCUT2D eigenvalue weighted by Crippen LogP contribution is -2.38. The van der Waals surface area contributed by atoms with E-state index in [4.69, 9.17) is 18.9 Å². The summed E-state index contributed by atoms with van der Waals surface area (Å²) in [4.78, 5) is 30.3. The lowest BCUT2D eigenvalue weighted by molar-refractivity contribution is -0.123. The predicted molar refractivity (Wildman–Crippen MR) is 233 cm³/mol. The fourth-order valence-electron chi connectivity index (χ4n) is 7.17. The Morgan fingerprint density at radius 2 is 1.24 bits per heavy atom. The maximum Gasteiger partial charge on any atom is 0.229 e. The SMILES string of the molecule is CNc1cc(C)nc(Nc2ccc(OC)c(OCC3CCN(C4CCC4)C3)c2)n1.CNc1cc(C)nc(Nc2ccc(OC)c(OCC3CCNC3)c2)n1.O=C1CCC1. The molecule has 0 amide bonds. The van der Waals surface area contributed by atoms with Crippen molar-refractivity contribution < 1.29 is 23.7 Å². The molecular formula is C44H62N10O5. The molecule has 2 saturated heterocycles. The Morgan fingerprint density at radius 3 is 1.66 bits per heavy atom. The Morgan fingerprint density at radius 1 is 0.695 bits per heavy atom. The summed E-state index contributed by atoms with van der Waals surface area (Å²) in [5.74, 6) is 7.14. The minimum Gasteiger partial charge on any atom is -0.493 e. The number of nitrogens with zero attached hydrogens (tertiary/aromatic N) is 5. The van der Waals surface area contributed by atoms with Crippen LogP contribution in [0.5, 0.6) is 23.0 Å². The lowest BCUT2D eigenvalue weighted by atomic mass is 9.92. The first kappa shape index (κ1) is 43.2. The molecule has 2 atom stereocenters. The van der Waals surface area contributed by atoms with E-state index >= 15 is 0 Å². The average Bonchev–Trinajstić information content (AvgIpc) is 3.91. The van der Waals surface area contributed by atoms with Crippen LogP contribution in [0, 0.1) is 25.7 Å². The summed E-state index contributed by atoms with van der Waals surface area (Å²) < 4.78 is 23.1. The quantitative estimate of drug-likeness (QED) is 0.0821. The van der Waals surface area contributed by atoms with Crippen molar-refractivity contribution in [1.29, 1.82) is 0 Å². The molecule has 8 rings (SSSR count). The Labute approximate surface area is 348 Å². The van der Waals surface area contributed by atoms with Crippen molar-refractivity contribution in [1.82, 2.24) is 30.2 Å². The van der Waals surface area contributed by atoms with Gasteiger partial charge in [-0.05, 0) is 83.3 Å². The molecule has 0 spiro atoms. The highest BCUT2D eigenvalue weighted by molar-refractivity contribution is 5.83. The van der Waals surface area contributed by atoms with Gasteiger partial charge in [0, 0.05) is 105 Å². The van der Waals surface area contributed by atoms with E-state index in [0.717, 1.165) is 109 Å². The molecule has 4 fully saturated rings. The highest BCUT2D eigenvalue weighted by Gasteiger charge is 2.31. The molecule has 2 aliphatic heterocycles. The number of aryl methyl sites for hydroxylation is 2. The van der Waals surface area contributed by atoms with E-state index in [1.54, 1.807) is 14.2 Å². The number of likely N-dealkylation sites (tertiary alicyclic amines) is 1. The van der Waals surface area contributed by atoms with Gasteiger partial charge in [0.05, 0.1) is 27.4 Å². The highest BCUT2D eigenvalue weighted by Crippen LogP contribution is 2.35. The third-order valence-corrected chi connectivity index (χ3v) is 11.0. The van der Waals surface area contributed by atoms with Gasteiger partial charge in [0.2, 0.25) is 11.9 Å². The first-order chi connectivity index (χ1) is 28.7. The van der Waals surface area contributed by atoms with Gasteiger partial charge < -0.3 is 45.5 Å². The van der Waals surface area contributed by atoms with Gasteiger partial charge in [-0.3, -0.25) is 9.69 Å². The molecule has 0 radical (unpaired) electrons. The van der Waals surface area contributed by atoms with Gasteiger partial charge in [-0.15, -0.1) is 0 Å². The van der Waals surface area contributed by atoms with Gasteiger partial charge in [-0.25, -0.2) is 9.97 Å². The van der Waals surface area contributed by atoms with E-state index in [2.05, 4.69) is 51.4 Å². The zero-order chi connectivity index (χ0) is 41.6. The van der Waals surface area contributed by atoms with Crippen LogP contribution in [0.3, 0.4) is 0 Å². The van der Waals surface area contributed by atoms with Crippen molar-refractivity contribution in [3.8, 4) is 23.0 Å². The molecule has 4 aromatic rings. The summed E-state index contributed by atoms with van der Waals surface area (Å²) in [6.07, 6.45) is 9.31. The number of hydrogen-bond donors (Lipinski definition) is 5. The van der Waals surface area contributed by atoms with Gasteiger partial charge >= 0.3 is 0 Å². The number of anilines is 6. The standard InChI is InChI=1S/C22H31N5O2.C18H25N5O2.C4H6O/c1-15-11-21(23-2)26-22(24-15)25-17-7-8-19(28-3)20(12-17)29-14-16-9-10-27(13-16)18-5-4-6-18;1-12-8-17(19-2)23-18(21-12)22-14-4-5-15(24-3)16(9-14)25-11-13-6-7-20-10-13;5-4-2-1-3-4/h7-8,11-12,16,18H,4-6,9-10,13-14H2,1-3H3,(H2,23,24,25,26);4-5,8-9,13,20H,6-7,10-11H2,1-3H3,(H2,19,21,22,23);1-3H2. The van der Waals surface area contributed by atoms with Crippen LogP contribution in [-0.2, 0) is 4.79 Å². The Balaban J connectivity index is 0.000000179. The summed E-state index contributed by atoms with van der Waals surface area (Å²) in [5.41, 5.74) is 3.51. The number of hydrogen-bond acceptors (Lipinski definition) is 15. The molecule has 2 aromatic heterocycles. The third-order valence-electron chi connectivity index (χ3n) is 11.0. The van der Waals surface area contributed by atoms with Crippen molar-refractivity contribution in [3.63, 3.8) is 0 Å². The van der Waals surface area contributed by atoms with Crippen LogP contribution in [0.15, 0.2) is 48.5 Å². The molecule has 318 valence electrons. The monoisotopic (exact) mass is 810 g/mol. The number of nitrogens with one attached hydrogen (secondary N) is 5. The van der Waals surface area contributed by atoms with Crippen LogP contribution in [0.2, 0.25) is 0 Å². The zero-order valence-corrected chi connectivity index (χ0v) is 35.5. The molecule has 15 nitrogen and oxygen atoms in total. The first-order valence-electron chi connectivity index (χ1n) is 20.9. The fourth-order valence-corrected chi connectivity index (χ4v) is 7.17. The summed E-state index contributed by atoms with van der Waals surface area (Å²) in [6, 6.07) is 16.2. The van der Waals surface area contributed by atoms with Crippen LogP contribution in [0.25, 0.3) is 0 Å². The van der Waals surface area contributed by atoms with Gasteiger partial charge in [0.1, 0.15) is 17.4 Å². The van der Waals surface area contributed by atoms with E-state index < -0.39 is 0 Å². The highest BCUT2D eigenvalue weighted by atomic mass is 16.5. The molecule has 5 N–H and O–H groups in total. The van der Waals surface area contributed by atoms with Crippen molar-refractivity contribution in [2.75, 3.05) is 89.0 Å². The Hall–Kier alpha value is -5.41. The second kappa shape index (κ2) is 21.6. The average molecular weight is 811 g/mol. The summed E-state index contributed by atoms with van der Waals surface area (Å²) in [5, 5.41) is 15.9. The first-order valence-corrected chi connectivity index (χ1v) is 20.9. The number of ketones is 1. The molecular weight excluding hydrogens is 749 g/mol. The minimum absolute atomic E-state index is 0.435. The van der Waals surface area contributed by atoms with Gasteiger partial charge in [0.15, 0.2) is 23.0 Å². The maximum absolute atomic E-state index is 9.90. The van der Waals surface area contributed by atoms with Crippen LogP contribution >= 0.6 is 0 Å². The van der Waals surface area contributed by atoms with E-state index in [-0.39, 0.29) is 0 Å². The number of methoxy groups -OCH3 is 2. The number of Topliss-reactive ketones (excluding diaryl/α,β-unsaturated/α-hetero) is 1. The largest absolute Gasteiger partial charge is 0.493 e. The van der Waals surface area contributed by atoms with Crippen LogP contribution in [-0.4, -0.2) is 104 Å². The Kier molecular flexibility index (Phi) is 15.8. The van der Waals surface area contributed by atoms with Crippen LogP contribution < -0.4 is 45.5 Å². The van der Waals surface area contributed by atoms with Crippen LogP contribution in [0.1, 0.15) is 62.8 Å². The molecule has 59 heavy (non-hydrogen) atoms. The predicted octanol–water partition coefficient (Wildman–Crippen LogP) is 7.14. The van der Waals surface area contributed by atoms with E-state index in [0.29, 0.717) is 42.7 Å². The molecule has 4 heterocycles. The number of aromatic nitrogens is 4. The van der Waals surface area contributed by atoms with Crippen molar-refractivity contribution in [2.24, 2.45) is 11.8 Å². The molecule has 15 heteroatoms. The summed E-state index contributed by atoms with van der Waals surface area (Å²) in [7, 11) is 7.00. The van der Waals surface area contributed by atoms with Gasteiger partial charge in [-0.2, -0.15) is 9.97 Å². The number of carbonyl (C=O) groups excluding carboxylic acids is 1. The number of rotatable bonds is 15. The Bertz CT molecular complexity index is 1970. The molecule has 4 aliphatic rings. The molecule has 0 bridgehead atoms. The van der Waals surface area contributed by atoms with Crippen molar-refractivity contribution in [3.05, 3.63) is 59.9 Å². The lowest BCUT2D eigenvalue weighted by Gasteiger charge is -2.34. The third kappa shape index (κ3) is 12.8. The summed E-state index contributed by atoms with van der Waals surface area (Å²) >= 11 is 0. The van der Waals surface area contributed by atoms with Crippen molar-refractivity contribution in [2.45, 2.75) is 71.3 Å². The topological polar surface area (TPSA) is 169 Å². The number of ether oxygens (including phenoxy) is 4. The van der Waals surface area contributed by atoms with Crippen LogP contribution in [0.4, 0.5) is 34.9 Å². The van der Waals surface area contributed by atoms with Gasteiger partial charge in [-0.1, -0.05) is 6.42 Å². The van der Waals surface area contributed by atoms with Crippen molar-refractivity contribution >= 4 is 40.7 Å². The van der Waals surface area contributed by atoms with Gasteiger partial charge in [0.25, 0.3) is 0 Å². The number of carbonyl (C=O) groups is 1. The normalized spacial score (nSPS) is 18.5. The second-order valence-corrected chi connectivity index (χ2v) is 15.5. The maximum atomic E-state index is 9.90. The van der Waals surface area contributed by atoms with E-state index in [1.807, 2.05) is 76.5 Å². The van der Waals surface area contributed by atoms with E-state index in [9.17, 15) is 4.79 Å². The summed E-state index contributed by atoms with van der Waals surface area (Å²) in [6.45, 7) is 9.70. The zero-order valence-electron chi connectivity index (χ0n) is 35.5. The minimum atomic E-state index is 0.435. The fraction of sp³-hybridized carbons (Fsp3) is 0.523. The molecule has 2 aliphatic carbocycles. The second-order valence-electron chi connectivity index (χ2n) is 15.5. The molecule has 2 aromatic carbocycles. The number of benzene rings is 2.